The molecule has 5 nitrogen and oxygen atoms in total. The van der Waals surface area contributed by atoms with E-state index in [-0.39, 0.29) is 17.8 Å². The van der Waals surface area contributed by atoms with Crippen LogP contribution in [0.15, 0.2) is 17.4 Å². The number of guanidine groups is 1. The molecule has 0 spiro atoms. The second-order valence-corrected chi connectivity index (χ2v) is 6.43. The molecule has 0 fully saturated rings. The Hall–Kier alpha value is -1.66. The van der Waals surface area contributed by atoms with Crippen molar-refractivity contribution in [3.05, 3.63) is 18.2 Å². The van der Waals surface area contributed by atoms with Gasteiger partial charge in [-0.15, -0.1) is 0 Å². The smallest absolute Gasteiger partial charge is 0.319 e. The maximum Gasteiger partial charge on any atom is 0.319 e. The quantitative estimate of drug-likeness (QED) is 0.414. The van der Waals surface area contributed by atoms with Crippen molar-refractivity contribution in [2.45, 2.75) is 59.5 Å². The summed E-state index contributed by atoms with van der Waals surface area (Å²) in [4.78, 5) is 8.07. The lowest BCUT2D eigenvalue weighted by atomic mass is 9.87. The molecule has 7 heteroatoms. The monoisotopic (exact) mass is 329 g/mol. The van der Waals surface area contributed by atoms with Crippen LogP contribution in [-0.2, 0) is 6.54 Å². The number of alkyl halides is 2. The van der Waals surface area contributed by atoms with Crippen molar-refractivity contribution in [2.24, 2.45) is 10.4 Å². The predicted octanol–water partition coefficient (Wildman–Crippen LogP) is 3.55. The van der Waals surface area contributed by atoms with Crippen LogP contribution in [0.2, 0.25) is 0 Å². The molecule has 0 aliphatic carbocycles. The molecule has 1 aromatic heterocycles. The fourth-order valence-electron chi connectivity index (χ4n) is 2.31. The first-order chi connectivity index (χ1) is 10.9. The Morgan fingerprint density at radius 3 is 2.70 bits per heavy atom. The molecule has 0 bridgehead atoms. The predicted molar refractivity (Wildman–Crippen MR) is 89.6 cm³/mol. The van der Waals surface area contributed by atoms with Crippen LogP contribution in [0.5, 0.6) is 0 Å². The number of aromatic nitrogens is 2. The van der Waals surface area contributed by atoms with Crippen LogP contribution >= 0.6 is 0 Å². The van der Waals surface area contributed by atoms with Crippen LogP contribution < -0.4 is 10.6 Å². The van der Waals surface area contributed by atoms with Crippen LogP contribution in [0, 0.1) is 5.41 Å². The molecule has 0 aliphatic heterocycles. The maximum atomic E-state index is 12.8. The highest BCUT2D eigenvalue weighted by Gasteiger charge is 2.18. The van der Waals surface area contributed by atoms with Gasteiger partial charge < -0.3 is 10.6 Å². The minimum atomic E-state index is -2.58. The lowest BCUT2D eigenvalue weighted by Gasteiger charge is -2.26. The normalized spacial score (nSPS) is 12.7. The Bertz CT molecular complexity index is 483. The van der Waals surface area contributed by atoms with E-state index < -0.39 is 6.55 Å². The van der Waals surface area contributed by atoms with Gasteiger partial charge in [0.1, 0.15) is 5.82 Å². The summed E-state index contributed by atoms with van der Waals surface area (Å²) < 4.78 is 26.4. The Labute approximate surface area is 137 Å². The molecular formula is C16H29F2N5. The van der Waals surface area contributed by atoms with Gasteiger partial charge in [0.05, 0.1) is 6.54 Å². The lowest BCUT2D eigenvalue weighted by molar-refractivity contribution is 0.0668. The van der Waals surface area contributed by atoms with E-state index in [1.807, 2.05) is 0 Å². The zero-order valence-corrected chi connectivity index (χ0v) is 14.6. The van der Waals surface area contributed by atoms with E-state index in [9.17, 15) is 8.78 Å². The molecule has 132 valence electrons. The van der Waals surface area contributed by atoms with Crippen molar-refractivity contribution in [3.63, 3.8) is 0 Å². The Morgan fingerprint density at radius 1 is 1.35 bits per heavy atom. The first-order valence-electron chi connectivity index (χ1n) is 8.14. The molecule has 23 heavy (non-hydrogen) atoms. The number of halogens is 2. The molecule has 0 saturated heterocycles. The van der Waals surface area contributed by atoms with Gasteiger partial charge in [0.15, 0.2) is 5.96 Å². The van der Waals surface area contributed by atoms with E-state index in [2.05, 4.69) is 41.4 Å². The SMILES string of the molecule is CCCCCC(C)(C)CNC(=NC)NCc1nccn1C(F)F. The third-order valence-electron chi connectivity index (χ3n) is 3.79. The Morgan fingerprint density at radius 2 is 2.09 bits per heavy atom. The molecule has 2 N–H and O–H groups in total. The number of hydrogen-bond acceptors (Lipinski definition) is 2. The van der Waals surface area contributed by atoms with Crippen molar-refractivity contribution in [2.75, 3.05) is 13.6 Å². The van der Waals surface area contributed by atoms with Gasteiger partial charge in [-0.25, -0.2) is 4.98 Å². The van der Waals surface area contributed by atoms with E-state index in [0.29, 0.717) is 5.96 Å². The molecule has 0 amide bonds. The molecule has 1 heterocycles. The van der Waals surface area contributed by atoms with Crippen molar-refractivity contribution >= 4 is 5.96 Å². The highest BCUT2D eigenvalue weighted by molar-refractivity contribution is 5.79. The number of aliphatic imine (C=N–C) groups is 1. The minimum Gasteiger partial charge on any atom is -0.356 e. The summed E-state index contributed by atoms with van der Waals surface area (Å²) in [6.45, 7) is 5.02. The van der Waals surface area contributed by atoms with Gasteiger partial charge in [-0.05, 0) is 11.8 Å². The molecule has 0 saturated carbocycles. The van der Waals surface area contributed by atoms with E-state index in [1.165, 1.54) is 31.7 Å². The Balaban J connectivity index is 2.44. The van der Waals surface area contributed by atoms with Gasteiger partial charge in [0, 0.05) is 26.0 Å². The zero-order valence-electron chi connectivity index (χ0n) is 14.6. The fourth-order valence-corrected chi connectivity index (χ4v) is 2.31. The van der Waals surface area contributed by atoms with Crippen molar-refractivity contribution in [3.8, 4) is 0 Å². The zero-order chi connectivity index (χ0) is 17.3. The van der Waals surface area contributed by atoms with E-state index in [4.69, 9.17) is 0 Å². The topological polar surface area (TPSA) is 54.2 Å². The van der Waals surface area contributed by atoms with E-state index >= 15 is 0 Å². The van der Waals surface area contributed by atoms with Gasteiger partial charge in [-0.2, -0.15) is 8.78 Å². The molecule has 0 atom stereocenters. The third-order valence-corrected chi connectivity index (χ3v) is 3.79. The number of imidazole rings is 1. The summed E-state index contributed by atoms with van der Waals surface area (Å²) in [5.74, 6) is 0.877. The van der Waals surface area contributed by atoms with Crippen LogP contribution in [-0.4, -0.2) is 29.1 Å². The van der Waals surface area contributed by atoms with Crippen molar-refractivity contribution in [1.82, 2.24) is 20.2 Å². The average Bonchev–Trinajstić information content (AvgIpc) is 2.96. The molecule has 1 rings (SSSR count). The van der Waals surface area contributed by atoms with Crippen LogP contribution in [0.25, 0.3) is 0 Å². The van der Waals surface area contributed by atoms with Gasteiger partial charge in [0.2, 0.25) is 0 Å². The molecular weight excluding hydrogens is 300 g/mol. The average molecular weight is 329 g/mol. The third kappa shape index (κ3) is 6.97. The summed E-state index contributed by atoms with van der Waals surface area (Å²) in [6.07, 6.45) is 7.45. The first-order valence-corrected chi connectivity index (χ1v) is 8.14. The summed E-state index contributed by atoms with van der Waals surface area (Å²) in [6, 6.07) is 0. The first kappa shape index (κ1) is 19.4. The number of hydrogen-bond donors (Lipinski definition) is 2. The summed E-state index contributed by atoms with van der Waals surface area (Å²) in [7, 11) is 1.67. The molecule has 0 unspecified atom stereocenters. The number of nitrogens with zero attached hydrogens (tertiary/aromatic N) is 3. The molecule has 0 radical (unpaired) electrons. The van der Waals surface area contributed by atoms with Gasteiger partial charge in [-0.1, -0.05) is 40.0 Å². The highest BCUT2D eigenvalue weighted by Crippen LogP contribution is 2.22. The lowest BCUT2D eigenvalue weighted by Crippen LogP contribution is -2.42. The largest absolute Gasteiger partial charge is 0.356 e. The van der Waals surface area contributed by atoms with E-state index in [1.54, 1.807) is 7.05 Å². The number of nitrogens with one attached hydrogen (secondary N) is 2. The maximum absolute atomic E-state index is 12.8. The summed E-state index contributed by atoms with van der Waals surface area (Å²) in [5, 5.41) is 6.29. The second-order valence-electron chi connectivity index (χ2n) is 6.43. The summed E-state index contributed by atoms with van der Waals surface area (Å²) in [5.41, 5.74) is 0.161. The van der Waals surface area contributed by atoms with Crippen LogP contribution in [0.4, 0.5) is 8.78 Å². The van der Waals surface area contributed by atoms with Crippen molar-refractivity contribution in [1.29, 1.82) is 0 Å². The summed E-state index contributed by atoms with van der Waals surface area (Å²) >= 11 is 0. The Kier molecular flexibility index (Phi) is 7.98. The van der Waals surface area contributed by atoms with Gasteiger partial charge in [-0.3, -0.25) is 9.56 Å². The standard InChI is InChI=1S/C16H29F2N5/c1-5-6-7-8-16(2,3)12-22-15(19-4)21-11-13-20-9-10-23(13)14(17)18/h9-10,14H,5-8,11-12H2,1-4H3,(H2,19,21,22). The number of rotatable bonds is 9. The molecule has 0 aliphatic rings. The van der Waals surface area contributed by atoms with E-state index in [0.717, 1.165) is 17.5 Å². The van der Waals surface area contributed by atoms with Gasteiger partial charge >= 0.3 is 6.55 Å². The number of unbranched alkanes of at least 4 members (excludes halogenated alkanes) is 2. The molecule has 0 aromatic carbocycles. The highest BCUT2D eigenvalue weighted by atomic mass is 19.3. The van der Waals surface area contributed by atoms with Crippen LogP contribution in [0.1, 0.15) is 58.8 Å². The minimum absolute atomic E-state index is 0.161. The van der Waals surface area contributed by atoms with Crippen molar-refractivity contribution < 1.29 is 8.78 Å². The van der Waals surface area contributed by atoms with Crippen LogP contribution in [0.3, 0.4) is 0 Å². The van der Waals surface area contributed by atoms with Gasteiger partial charge in [0.25, 0.3) is 0 Å². The second kappa shape index (κ2) is 9.47. The molecule has 1 aromatic rings. The fraction of sp³-hybridized carbons (Fsp3) is 0.750.